The molecular formula is C41H34N8O12S4. The number of rotatable bonds is 19. The highest BCUT2D eigenvalue weighted by atomic mass is 32.2. The van der Waals surface area contributed by atoms with Crippen LogP contribution in [0, 0.1) is 0 Å². The Hall–Kier alpha value is -6.58. The van der Waals surface area contributed by atoms with Gasteiger partial charge in [0, 0.05) is 4.90 Å². The van der Waals surface area contributed by atoms with E-state index in [1.165, 1.54) is 72.8 Å². The first kappa shape index (κ1) is 47.9. The average Bonchev–Trinajstić information content (AvgIpc) is 3.33. The zero-order valence-electron chi connectivity index (χ0n) is 34.0. The van der Waals surface area contributed by atoms with Crippen LogP contribution in [-0.2, 0) is 52.3 Å². The third-order valence-corrected chi connectivity index (χ3v) is 13.1. The molecule has 6 aromatic rings. The molecule has 0 saturated heterocycles. The summed E-state index contributed by atoms with van der Waals surface area (Å²) in [6.07, 6.45) is 2.80. The standard InChI is InChI=1S/C41H34N8O12S4/c1-57-63(51,52)39-24-20-35(21-25-39)45-43-31-12-16-33(17-13-31)47-49-37-9-7-29(41(27-37)65(55,56)59-3)5-4-28-6-8-36(26-40(28)64(53,54)58-2)48-46-32-14-10-30(11-15-32)42-44-34-18-22-38(23-19-34)62-61-60-50/h4-27,50H,1-3H3. The number of nitrogens with zero attached hydrogens (tertiary/aromatic N) is 8. The van der Waals surface area contributed by atoms with Crippen molar-refractivity contribution >= 4 is 100 Å². The largest absolute Gasteiger partial charge is 0.297 e. The lowest BCUT2D eigenvalue weighted by atomic mass is 10.1. The maximum Gasteiger partial charge on any atom is 0.297 e. The zero-order valence-corrected chi connectivity index (χ0v) is 37.3. The maximum absolute atomic E-state index is 13.0. The molecule has 0 aliphatic carbocycles. The van der Waals surface area contributed by atoms with Gasteiger partial charge in [-0.25, -0.2) is 5.26 Å². The molecular weight excluding hydrogens is 925 g/mol. The van der Waals surface area contributed by atoms with E-state index < -0.39 is 30.4 Å². The van der Waals surface area contributed by atoms with E-state index in [2.05, 4.69) is 54.5 Å². The van der Waals surface area contributed by atoms with Gasteiger partial charge in [0.05, 0.1) is 83.8 Å². The molecule has 334 valence electrons. The van der Waals surface area contributed by atoms with Crippen LogP contribution in [0.15, 0.2) is 194 Å². The second kappa shape index (κ2) is 21.9. The van der Waals surface area contributed by atoms with Crippen LogP contribution >= 0.6 is 12.0 Å². The first-order valence-electron chi connectivity index (χ1n) is 18.3. The lowest BCUT2D eigenvalue weighted by molar-refractivity contribution is -0.432. The highest BCUT2D eigenvalue weighted by Crippen LogP contribution is 2.32. The van der Waals surface area contributed by atoms with Gasteiger partial charge in [0.2, 0.25) is 0 Å². The summed E-state index contributed by atoms with van der Waals surface area (Å²) in [6.45, 7) is 0. The van der Waals surface area contributed by atoms with E-state index in [1.807, 2.05) is 0 Å². The van der Waals surface area contributed by atoms with Crippen molar-refractivity contribution in [2.45, 2.75) is 19.6 Å². The number of hydrogen-bond donors (Lipinski definition) is 1. The van der Waals surface area contributed by atoms with Crippen molar-refractivity contribution < 1.29 is 52.4 Å². The maximum atomic E-state index is 13.0. The number of azo groups is 4. The van der Waals surface area contributed by atoms with Crippen molar-refractivity contribution in [2.24, 2.45) is 40.9 Å². The van der Waals surface area contributed by atoms with E-state index in [0.29, 0.717) is 39.0 Å². The van der Waals surface area contributed by atoms with Gasteiger partial charge in [0.1, 0.15) is 9.79 Å². The van der Waals surface area contributed by atoms with E-state index in [-0.39, 0.29) is 37.2 Å². The monoisotopic (exact) mass is 958 g/mol. The van der Waals surface area contributed by atoms with E-state index in [0.717, 1.165) is 33.4 Å². The van der Waals surface area contributed by atoms with E-state index in [1.54, 1.807) is 72.8 Å². The molecule has 0 heterocycles. The summed E-state index contributed by atoms with van der Waals surface area (Å²) in [5.41, 5.74) is 3.48. The molecule has 24 heteroatoms. The molecule has 0 fully saturated rings. The van der Waals surface area contributed by atoms with Crippen LogP contribution in [0.3, 0.4) is 0 Å². The minimum absolute atomic E-state index is 0.0181. The summed E-state index contributed by atoms with van der Waals surface area (Å²) in [4.78, 5) is 0.129. The molecule has 0 saturated carbocycles. The molecule has 0 radical (unpaired) electrons. The first-order valence-corrected chi connectivity index (χ1v) is 23.3. The summed E-state index contributed by atoms with van der Waals surface area (Å²) in [5, 5.41) is 45.2. The Morgan fingerprint density at radius 1 is 0.415 bits per heavy atom. The van der Waals surface area contributed by atoms with Gasteiger partial charge in [-0.15, -0.1) is 4.33 Å². The smallest absolute Gasteiger partial charge is 0.270 e. The third-order valence-electron chi connectivity index (χ3n) is 8.58. The van der Waals surface area contributed by atoms with Crippen molar-refractivity contribution in [3.05, 3.63) is 145 Å². The van der Waals surface area contributed by atoms with Gasteiger partial charge < -0.3 is 0 Å². The second-order valence-electron chi connectivity index (χ2n) is 12.7. The van der Waals surface area contributed by atoms with Crippen molar-refractivity contribution in [2.75, 3.05) is 21.3 Å². The minimum Gasteiger partial charge on any atom is -0.270 e. The van der Waals surface area contributed by atoms with Gasteiger partial charge in [-0.1, -0.05) is 29.3 Å². The molecule has 0 aromatic heterocycles. The van der Waals surface area contributed by atoms with E-state index in [9.17, 15) is 25.3 Å². The fraction of sp³-hybridized carbons (Fsp3) is 0.0732. The molecule has 0 unspecified atom stereocenters. The molecule has 0 amide bonds. The van der Waals surface area contributed by atoms with Crippen LogP contribution in [0.25, 0.3) is 12.2 Å². The Balaban J connectivity index is 1.15. The Morgan fingerprint density at radius 3 is 1.03 bits per heavy atom. The molecule has 0 aliphatic heterocycles. The summed E-state index contributed by atoms with van der Waals surface area (Å²) < 4.78 is 94.3. The van der Waals surface area contributed by atoms with Crippen molar-refractivity contribution in [1.82, 2.24) is 0 Å². The third kappa shape index (κ3) is 13.2. The topological polar surface area (TPSA) is 268 Å². The van der Waals surface area contributed by atoms with Crippen LogP contribution < -0.4 is 0 Å². The normalized spacial score (nSPS) is 12.7. The Kier molecular flexibility index (Phi) is 16.1. The summed E-state index contributed by atoms with van der Waals surface area (Å²) in [5.74, 6) is 0. The molecule has 0 spiro atoms. The Labute approximate surface area is 377 Å². The predicted octanol–water partition coefficient (Wildman–Crippen LogP) is 12.0. The minimum atomic E-state index is -4.30. The number of hydrogen-bond acceptors (Lipinski definition) is 21. The van der Waals surface area contributed by atoms with E-state index in [4.69, 9.17) is 13.6 Å². The van der Waals surface area contributed by atoms with Gasteiger partial charge in [-0.05, 0) is 132 Å². The van der Waals surface area contributed by atoms with Gasteiger partial charge >= 0.3 is 0 Å². The van der Waals surface area contributed by atoms with Gasteiger partial charge in [-0.2, -0.15) is 66.2 Å². The lowest BCUT2D eigenvalue weighted by Crippen LogP contribution is -2.05. The molecule has 0 aliphatic rings. The molecule has 65 heavy (non-hydrogen) atoms. The molecule has 1 N–H and O–H groups in total. The summed E-state index contributed by atoms with van der Waals surface area (Å²) in [6, 6.07) is 34.0. The zero-order chi connectivity index (χ0) is 46.5. The first-order chi connectivity index (χ1) is 31.2. The SMILES string of the molecule is COS(=O)(=O)c1ccc(N=Nc2ccc(N=Nc3ccc(C=Cc4ccc(N=Nc5ccc(N=Nc6ccc(SOOO)cc6)cc5)cc4S(=O)(=O)OC)c(S(=O)(=O)OC)c3)cc2)cc1. The fourth-order valence-corrected chi connectivity index (χ4v) is 8.03. The predicted molar refractivity (Wildman–Crippen MR) is 238 cm³/mol. The van der Waals surface area contributed by atoms with Crippen molar-refractivity contribution in [1.29, 1.82) is 0 Å². The van der Waals surface area contributed by atoms with Crippen LogP contribution in [0.4, 0.5) is 45.5 Å². The van der Waals surface area contributed by atoms with Crippen molar-refractivity contribution in [3.63, 3.8) is 0 Å². The second-order valence-corrected chi connectivity index (χ2v) is 18.5. The molecule has 6 rings (SSSR count). The Bertz CT molecular complexity index is 3120. The lowest BCUT2D eigenvalue weighted by Gasteiger charge is -2.09. The van der Waals surface area contributed by atoms with Gasteiger partial charge in [-0.3, -0.25) is 12.5 Å². The summed E-state index contributed by atoms with van der Waals surface area (Å²) in [7, 11) is -9.34. The molecule has 6 aromatic carbocycles. The van der Waals surface area contributed by atoms with Gasteiger partial charge in [0.25, 0.3) is 30.4 Å². The van der Waals surface area contributed by atoms with Crippen LogP contribution in [0.1, 0.15) is 11.1 Å². The average molecular weight is 959 g/mol. The van der Waals surface area contributed by atoms with Crippen LogP contribution in [-0.4, -0.2) is 51.8 Å². The molecule has 0 bridgehead atoms. The highest BCUT2D eigenvalue weighted by molar-refractivity contribution is 7.94. The highest BCUT2D eigenvalue weighted by Gasteiger charge is 2.20. The molecule has 20 nitrogen and oxygen atoms in total. The number of benzene rings is 6. The van der Waals surface area contributed by atoms with Crippen LogP contribution in [0.5, 0.6) is 0 Å². The van der Waals surface area contributed by atoms with E-state index >= 15 is 0 Å². The van der Waals surface area contributed by atoms with Crippen molar-refractivity contribution in [3.8, 4) is 0 Å². The van der Waals surface area contributed by atoms with Gasteiger partial charge in [0.15, 0.2) is 0 Å². The fourth-order valence-electron chi connectivity index (χ4n) is 5.27. The quantitative estimate of drug-likeness (QED) is 0.0198. The van der Waals surface area contributed by atoms with Crippen LogP contribution in [0.2, 0.25) is 0 Å². The Morgan fingerprint density at radius 2 is 0.708 bits per heavy atom. The summed E-state index contributed by atoms with van der Waals surface area (Å²) >= 11 is 0.815. The molecule has 0 atom stereocenters.